The SMILES string of the molecule is CC/C=C\C/C=C\C/C=C\C/C=C\CCCCCCCCC(=O)OC(COCCC(C(=O)O)[N+](C)(C)C)COC(=O)CCCCCCCCC/C=C\C/C=C\CCCCC. The minimum absolute atomic E-state index is 0.0493. The van der Waals surface area contributed by atoms with Crippen molar-refractivity contribution in [3.63, 3.8) is 0 Å². The van der Waals surface area contributed by atoms with E-state index in [1.807, 2.05) is 21.1 Å². The van der Waals surface area contributed by atoms with Gasteiger partial charge in [0.05, 0.1) is 34.4 Å². The number of likely N-dealkylation sites (N-methyl/N-ethyl adjacent to an activating group) is 1. The minimum Gasteiger partial charge on any atom is -0.477 e. The summed E-state index contributed by atoms with van der Waals surface area (Å²) in [5, 5.41) is 9.64. The molecule has 0 bridgehead atoms. The fourth-order valence-corrected chi connectivity index (χ4v) is 6.64. The lowest BCUT2D eigenvalue weighted by Crippen LogP contribution is -2.50. The van der Waals surface area contributed by atoms with Gasteiger partial charge >= 0.3 is 17.9 Å². The van der Waals surface area contributed by atoms with Crippen molar-refractivity contribution in [2.24, 2.45) is 0 Å². The molecule has 0 saturated heterocycles. The van der Waals surface area contributed by atoms with E-state index in [4.69, 9.17) is 14.2 Å². The molecule has 0 saturated carbocycles. The monoisotopic (exact) mass is 841 g/mol. The third-order valence-corrected chi connectivity index (χ3v) is 10.3. The predicted octanol–water partition coefficient (Wildman–Crippen LogP) is 13.5. The number of nitrogens with zero attached hydrogens (tertiary/aromatic N) is 1. The van der Waals surface area contributed by atoms with Crippen LogP contribution in [0.2, 0.25) is 0 Å². The summed E-state index contributed by atoms with van der Waals surface area (Å²) < 4.78 is 17.3. The summed E-state index contributed by atoms with van der Waals surface area (Å²) in [6.45, 7) is 4.57. The molecule has 0 aliphatic rings. The number of carboxylic acids is 1. The van der Waals surface area contributed by atoms with E-state index < -0.39 is 18.1 Å². The molecule has 0 aliphatic heterocycles. The summed E-state index contributed by atoms with van der Waals surface area (Å²) in [4.78, 5) is 37.1. The maximum absolute atomic E-state index is 12.8. The van der Waals surface area contributed by atoms with Gasteiger partial charge in [0.1, 0.15) is 6.61 Å². The van der Waals surface area contributed by atoms with E-state index >= 15 is 0 Å². The number of carbonyl (C=O) groups excluding carboxylic acids is 2. The van der Waals surface area contributed by atoms with Gasteiger partial charge in [-0.1, -0.05) is 157 Å². The summed E-state index contributed by atoms with van der Waals surface area (Å²) in [6.07, 6.45) is 53.7. The first kappa shape index (κ1) is 56.8. The molecule has 0 rings (SSSR count). The lowest BCUT2D eigenvalue weighted by atomic mass is 10.1. The van der Waals surface area contributed by atoms with E-state index in [0.29, 0.717) is 19.3 Å². The number of aliphatic carboxylic acids is 1. The maximum atomic E-state index is 12.8. The first-order valence-electron chi connectivity index (χ1n) is 24.0. The molecule has 8 nitrogen and oxygen atoms in total. The van der Waals surface area contributed by atoms with Crippen molar-refractivity contribution in [2.45, 2.75) is 199 Å². The molecule has 0 aliphatic carbocycles. The van der Waals surface area contributed by atoms with Crippen molar-refractivity contribution in [1.82, 2.24) is 0 Å². The Morgan fingerprint density at radius 2 is 0.933 bits per heavy atom. The lowest BCUT2D eigenvalue weighted by molar-refractivity contribution is -0.887. The number of unbranched alkanes of at least 4 members (excludes halogenated alkanes) is 16. The number of carboxylic acid groups (broad SMARTS) is 1. The number of esters is 2. The average molecular weight is 841 g/mol. The van der Waals surface area contributed by atoms with Gasteiger partial charge in [0, 0.05) is 19.3 Å². The number of carbonyl (C=O) groups is 3. The van der Waals surface area contributed by atoms with Gasteiger partial charge in [-0.15, -0.1) is 0 Å². The summed E-state index contributed by atoms with van der Waals surface area (Å²) >= 11 is 0. The second kappa shape index (κ2) is 42.5. The Hall–Kier alpha value is -3.23. The first-order valence-corrected chi connectivity index (χ1v) is 24.0. The molecule has 0 amide bonds. The third-order valence-electron chi connectivity index (χ3n) is 10.3. The van der Waals surface area contributed by atoms with Crippen LogP contribution in [0.3, 0.4) is 0 Å². The molecule has 2 atom stereocenters. The highest BCUT2D eigenvalue weighted by Gasteiger charge is 2.31. The summed E-state index contributed by atoms with van der Waals surface area (Å²) in [7, 11) is 5.52. The molecule has 60 heavy (non-hydrogen) atoms. The molecule has 0 radical (unpaired) electrons. The van der Waals surface area contributed by atoms with Crippen LogP contribution in [0.1, 0.15) is 187 Å². The molecule has 0 heterocycles. The number of ether oxygens (including phenoxy) is 3. The van der Waals surface area contributed by atoms with E-state index in [2.05, 4.69) is 86.8 Å². The van der Waals surface area contributed by atoms with Crippen LogP contribution in [0.25, 0.3) is 0 Å². The fourth-order valence-electron chi connectivity index (χ4n) is 6.64. The van der Waals surface area contributed by atoms with Gasteiger partial charge in [0.15, 0.2) is 12.1 Å². The van der Waals surface area contributed by atoms with Crippen LogP contribution in [-0.4, -0.2) is 80.6 Å². The average Bonchev–Trinajstić information content (AvgIpc) is 3.21. The number of hydrogen-bond donors (Lipinski definition) is 1. The van der Waals surface area contributed by atoms with Crippen molar-refractivity contribution in [2.75, 3.05) is 41.0 Å². The first-order chi connectivity index (χ1) is 29.1. The van der Waals surface area contributed by atoms with Gasteiger partial charge in [-0.05, 0) is 83.5 Å². The molecule has 0 aromatic heterocycles. The standard InChI is InChI=1S/C52H89NO7/c1-6-8-10-12-14-16-18-20-22-24-25-27-29-31-33-35-37-39-41-43-51(55)60-48(46-58-45-44-49(52(56)57)53(3,4)5)47-59-50(54)42-40-38-36-34-32-30-28-26-23-21-19-17-15-13-11-9-7-2/h8,10,14-17,20-23,25,27,48-49H,6-7,9,11-13,18-19,24,26,28-47H2,1-5H3/p+1/b10-8-,16-14-,17-15-,22-20-,23-21-,27-25-. The van der Waals surface area contributed by atoms with Crippen molar-refractivity contribution in [3.05, 3.63) is 72.9 Å². The van der Waals surface area contributed by atoms with Crippen LogP contribution < -0.4 is 0 Å². The Balaban J connectivity index is 4.35. The molecular weight excluding hydrogens is 751 g/mol. The highest BCUT2D eigenvalue weighted by atomic mass is 16.6. The molecular formula is C52H90NO7+. The van der Waals surface area contributed by atoms with Gasteiger partial charge in [-0.3, -0.25) is 9.59 Å². The van der Waals surface area contributed by atoms with E-state index in [1.165, 1.54) is 64.2 Å². The zero-order valence-electron chi connectivity index (χ0n) is 39.1. The van der Waals surface area contributed by atoms with Crippen LogP contribution in [0, 0.1) is 0 Å². The Labute approximate surface area is 368 Å². The molecule has 0 aromatic carbocycles. The molecule has 1 N–H and O–H groups in total. The third kappa shape index (κ3) is 40.2. The minimum atomic E-state index is -0.881. The second-order valence-corrected chi connectivity index (χ2v) is 17.0. The molecule has 2 unspecified atom stereocenters. The Bertz CT molecular complexity index is 1210. The van der Waals surface area contributed by atoms with Crippen molar-refractivity contribution < 1.29 is 38.2 Å². The van der Waals surface area contributed by atoms with E-state index in [-0.39, 0.29) is 36.2 Å². The number of hydrogen-bond acceptors (Lipinski definition) is 6. The van der Waals surface area contributed by atoms with Gasteiger partial charge in [0.25, 0.3) is 0 Å². The Morgan fingerprint density at radius 1 is 0.517 bits per heavy atom. The zero-order chi connectivity index (χ0) is 44.2. The quantitative estimate of drug-likeness (QED) is 0.0283. The summed E-state index contributed by atoms with van der Waals surface area (Å²) in [5.41, 5.74) is 0. The topological polar surface area (TPSA) is 99.1 Å². The van der Waals surface area contributed by atoms with Gasteiger partial charge in [0.2, 0.25) is 0 Å². The zero-order valence-corrected chi connectivity index (χ0v) is 39.1. The van der Waals surface area contributed by atoms with E-state index in [0.717, 1.165) is 89.9 Å². The predicted molar refractivity (Wildman–Crippen MR) is 252 cm³/mol. The highest BCUT2D eigenvalue weighted by molar-refractivity contribution is 5.72. The van der Waals surface area contributed by atoms with Gasteiger partial charge in [-0.25, -0.2) is 4.79 Å². The number of allylic oxidation sites excluding steroid dienone is 12. The normalized spacial score (nSPS) is 13.6. The van der Waals surface area contributed by atoms with Crippen molar-refractivity contribution in [1.29, 1.82) is 0 Å². The molecule has 0 aromatic rings. The van der Waals surface area contributed by atoms with Gasteiger partial charge < -0.3 is 23.8 Å². The van der Waals surface area contributed by atoms with Crippen molar-refractivity contribution >= 4 is 17.9 Å². The fraction of sp³-hybridized carbons (Fsp3) is 0.712. The van der Waals surface area contributed by atoms with Crippen LogP contribution in [0.15, 0.2) is 72.9 Å². The Morgan fingerprint density at radius 3 is 1.38 bits per heavy atom. The van der Waals surface area contributed by atoms with Crippen LogP contribution in [0.4, 0.5) is 0 Å². The van der Waals surface area contributed by atoms with Crippen LogP contribution >= 0.6 is 0 Å². The largest absolute Gasteiger partial charge is 0.477 e. The summed E-state index contributed by atoms with van der Waals surface area (Å²) in [6, 6.07) is -0.622. The van der Waals surface area contributed by atoms with Crippen molar-refractivity contribution in [3.8, 4) is 0 Å². The molecule has 344 valence electrons. The maximum Gasteiger partial charge on any atom is 0.362 e. The number of rotatable bonds is 42. The highest BCUT2D eigenvalue weighted by Crippen LogP contribution is 2.14. The Kier molecular flexibility index (Phi) is 40.2. The lowest BCUT2D eigenvalue weighted by Gasteiger charge is -2.31. The smallest absolute Gasteiger partial charge is 0.362 e. The van der Waals surface area contributed by atoms with Crippen LogP contribution in [0.5, 0.6) is 0 Å². The number of quaternary nitrogens is 1. The summed E-state index contributed by atoms with van der Waals surface area (Å²) in [5.74, 6) is -1.50. The molecule has 0 spiro atoms. The molecule has 8 heteroatoms. The van der Waals surface area contributed by atoms with E-state index in [9.17, 15) is 19.5 Å². The molecule has 0 fully saturated rings. The van der Waals surface area contributed by atoms with Gasteiger partial charge in [-0.2, -0.15) is 0 Å². The van der Waals surface area contributed by atoms with E-state index in [1.54, 1.807) is 0 Å². The second-order valence-electron chi connectivity index (χ2n) is 17.0. The van der Waals surface area contributed by atoms with Crippen LogP contribution in [-0.2, 0) is 28.6 Å².